The number of hydrogen-bond donors (Lipinski definition) is 2. The van der Waals surface area contributed by atoms with E-state index in [1.54, 1.807) is 11.6 Å². The van der Waals surface area contributed by atoms with Gasteiger partial charge in [0, 0.05) is 6.08 Å². The Labute approximate surface area is 112 Å². The molecule has 0 aromatic heterocycles. The molecular weight excluding hydrogens is 238 g/mol. The van der Waals surface area contributed by atoms with Gasteiger partial charge < -0.3 is 0 Å². The van der Waals surface area contributed by atoms with E-state index in [0.29, 0.717) is 0 Å². The van der Waals surface area contributed by atoms with E-state index >= 15 is 0 Å². The molecule has 0 radical (unpaired) electrons. The second-order valence-corrected chi connectivity index (χ2v) is 4.22. The van der Waals surface area contributed by atoms with Crippen molar-refractivity contribution in [3.8, 4) is 0 Å². The first kappa shape index (κ1) is 13.1. The zero-order valence-electron chi connectivity index (χ0n) is 10.4. The molecular formula is C16H15NO2. The maximum atomic E-state index is 10.9. The maximum absolute atomic E-state index is 10.9. The lowest BCUT2D eigenvalue weighted by molar-refractivity contribution is -0.124. The molecule has 2 aromatic carbocycles. The molecule has 3 heteroatoms. The van der Waals surface area contributed by atoms with Crippen molar-refractivity contribution in [3.63, 3.8) is 0 Å². The number of rotatable bonds is 4. The van der Waals surface area contributed by atoms with Crippen molar-refractivity contribution in [1.82, 2.24) is 5.48 Å². The van der Waals surface area contributed by atoms with Gasteiger partial charge in [0.25, 0.3) is 5.91 Å². The van der Waals surface area contributed by atoms with Gasteiger partial charge in [0.2, 0.25) is 0 Å². The second kappa shape index (κ2) is 6.52. The van der Waals surface area contributed by atoms with E-state index < -0.39 is 5.91 Å². The Hall–Kier alpha value is -2.39. The third kappa shape index (κ3) is 4.08. The number of amides is 1. The van der Waals surface area contributed by atoms with Crippen molar-refractivity contribution < 1.29 is 10.0 Å². The van der Waals surface area contributed by atoms with Gasteiger partial charge in [0.15, 0.2) is 0 Å². The number of benzene rings is 2. The number of nitrogens with one attached hydrogen (secondary N) is 1. The van der Waals surface area contributed by atoms with Crippen LogP contribution in [0.25, 0.3) is 6.08 Å². The first-order valence-corrected chi connectivity index (χ1v) is 6.03. The lowest BCUT2D eigenvalue weighted by atomic mass is 10.0. The van der Waals surface area contributed by atoms with E-state index in [-0.39, 0.29) is 0 Å². The van der Waals surface area contributed by atoms with Crippen molar-refractivity contribution in [3.05, 3.63) is 77.4 Å². The van der Waals surface area contributed by atoms with Crippen molar-refractivity contribution in [2.45, 2.75) is 6.42 Å². The van der Waals surface area contributed by atoms with E-state index in [1.165, 1.54) is 17.2 Å². The largest absolute Gasteiger partial charge is 0.288 e. The van der Waals surface area contributed by atoms with Gasteiger partial charge in [-0.05, 0) is 29.2 Å². The quantitative estimate of drug-likeness (QED) is 0.500. The van der Waals surface area contributed by atoms with Crippen molar-refractivity contribution in [1.29, 1.82) is 0 Å². The fourth-order valence-electron chi connectivity index (χ4n) is 1.85. The van der Waals surface area contributed by atoms with Gasteiger partial charge in [0.1, 0.15) is 0 Å². The minimum Gasteiger partial charge on any atom is -0.288 e. The summed E-state index contributed by atoms with van der Waals surface area (Å²) in [6.07, 6.45) is 3.82. The average molecular weight is 253 g/mol. The monoisotopic (exact) mass is 253 g/mol. The molecule has 0 heterocycles. The Morgan fingerprint density at radius 3 is 2.53 bits per heavy atom. The molecule has 0 unspecified atom stereocenters. The summed E-state index contributed by atoms with van der Waals surface area (Å²) in [7, 11) is 0. The average Bonchev–Trinajstić information content (AvgIpc) is 2.46. The summed E-state index contributed by atoms with van der Waals surface area (Å²) in [5.41, 5.74) is 4.92. The van der Waals surface area contributed by atoms with Crippen LogP contribution in [0.1, 0.15) is 16.7 Å². The molecule has 0 aliphatic carbocycles. The van der Waals surface area contributed by atoms with Gasteiger partial charge in [-0.1, -0.05) is 54.6 Å². The number of hydroxylamine groups is 1. The lowest BCUT2D eigenvalue weighted by Crippen LogP contribution is -2.14. The van der Waals surface area contributed by atoms with E-state index in [2.05, 4.69) is 18.2 Å². The Balaban J connectivity index is 2.11. The van der Waals surface area contributed by atoms with Crippen LogP contribution in [0.15, 0.2) is 60.7 Å². The number of carbonyl (C=O) groups is 1. The Morgan fingerprint density at radius 1 is 1.05 bits per heavy atom. The molecule has 2 aromatic rings. The molecule has 0 atom stereocenters. The molecule has 2 N–H and O–H groups in total. The summed E-state index contributed by atoms with van der Waals surface area (Å²) in [5, 5.41) is 8.41. The van der Waals surface area contributed by atoms with Crippen LogP contribution < -0.4 is 5.48 Å². The summed E-state index contributed by atoms with van der Waals surface area (Å²) in [6, 6.07) is 18.1. The third-order valence-corrected chi connectivity index (χ3v) is 2.74. The van der Waals surface area contributed by atoms with Crippen molar-refractivity contribution in [2.75, 3.05) is 0 Å². The van der Waals surface area contributed by atoms with Crippen LogP contribution in [0.3, 0.4) is 0 Å². The first-order valence-electron chi connectivity index (χ1n) is 6.03. The SMILES string of the molecule is O=C(/C=C/c1cccc(Cc2ccccc2)c1)NO. The van der Waals surface area contributed by atoms with Gasteiger partial charge in [-0.3, -0.25) is 10.0 Å². The highest BCUT2D eigenvalue weighted by molar-refractivity contribution is 5.90. The van der Waals surface area contributed by atoms with Crippen LogP contribution in [0.2, 0.25) is 0 Å². The first-order chi connectivity index (χ1) is 9.28. The molecule has 0 aliphatic rings. The highest BCUT2D eigenvalue weighted by Crippen LogP contribution is 2.12. The summed E-state index contributed by atoms with van der Waals surface area (Å²) in [5.74, 6) is -0.534. The molecule has 0 bridgehead atoms. The lowest BCUT2D eigenvalue weighted by Gasteiger charge is -2.03. The third-order valence-electron chi connectivity index (χ3n) is 2.74. The van der Waals surface area contributed by atoms with Crippen LogP contribution in [0, 0.1) is 0 Å². The standard InChI is InChI=1S/C16H15NO2/c18-16(17-19)10-9-14-7-4-8-15(12-14)11-13-5-2-1-3-6-13/h1-10,12,19H,11H2,(H,17,18)/b10-9+. The smallest absolute Gasteiger partial charge is 0.267 e. The van der Waals surface area contributed by atoms with Crippen LogP contribution >= 0.6 is 0 Å². The Morgan fingerprint density at radius 2 is 1.79 bits per heavy atom. The van der Waals surface area contributed by atoms with E-state index in [0.717, 1.165) is 12.0 Å². The normalized spacial score (nSPS) is 10.6. The molecule has 0 saturated heterocycles. The summed E-state index contributed by atoms with van der Waals surface area (Å²) >= 11 is 0. The summed E-state index contributed by atoms with van der Waals surface area (Å²) in [6.45, 7) is 0. The number of hydrogen-bond acceptors (Lipinski definition) is 2. The molecule has 0 saturated carbocycles. The molecule has 0 fully saturated rings. The Bertz CT molecular complexity index is 576. The van der Waals surface area contributed by atoms with Crippen molar-refractivity contribution >= 4 is 12.0 Å². The molecule has 2 rings (SSSR count). The van der Waals surface area contributed by atoms with Gasteiger partial charge in [-0.25, -0.2) is 5.48 Å². The molecule has 96 valence electrons. The van der Waals surface area contributed by atoms with Gasteiger partial charge in [-0.15, -0.1) is 0 Å². The highest BCUT2D eigenvalue weighted by atomic mass is 16.5. The second-order valence-electron chi connectivity index (χ2n) is 4.22. The highest BCUT2D eigenvalue weighted by Gasteiger charge is 1.97. The predicted octanol–water partition coefficient (Wildman–Crippen LogP) is 2.80. The molecule has 19 heavy (non-hydrogen) atoms. The number of carbonyl (C=O) groups excluding carboxylic acids is 1. The predicted molar refractivity (Wildman–Crippen MR) is 74.7 cm³/mol. The van der Waals surface area contributed by atoms with E-state index in [1.807, 2.05) is 36.4 Å². The Kier molecular flexibility index (Phi) is 4.48. The molecule has 3 nitrogen and oxygen atoms in total. The molecule has 0 aliphatic heterocycles. The van der Waals surface area contributed by atoms with Gasteiger partial charge in [0.05, 0.1) is 0 Å². The maximum Gasteiger partial charge on any atom is 0.267 e. The van der Waals surface area contributed by atoms with Gasteiger partial charge >= 0.3 is 0 Å². The van der Waals surface area contributed by atoms with E-state index in [4.69, 9.17) is 5.21 Å². The van der Waals surface area contributed by atoms with E-state index in [9.17, 15) is 4.79 Å². The minimum absolute atomic E-state index is 0.534. The topological polar surface area (TPSA) is 49.3 Å². The van der Waals surface area contributed by atoms with Crippen LogP contribution in [-0.4, -0.2) is 11.1 Å². The van der Waals surface area contributed by atoms with Crippen LogP contribution in [-0.2, 0) is 11.2 Å². The fourth-order valence-corrected chi connectivity index (χ4v) is 1.85. The van der Waals surface area contributed by atoms with Gasteiger partial charge in [-0.2, -0.15) is 0 Å². The van der Waals surface area contributed by atoms with Crippen molar-refractivity contribution in [2.24, 2.45) is 0 Å². The summed E-state index contributed by atoms with van der Waals surface area (Å²) in [4.78, 5) is 10.9. The fraction of sp³-hybridized carbons (Fsp3) is 0.0625. The minimum atomic E-state index is -0.534. The summed E-state index contributed by atoms with van der Waals surface area (Å²) < 4.78 is 0. The van der Waals surface area contributed by atoms with Crippen LogP contribution in [0.4, 0.5) is 0 Å². The van der Waals surface area contributed by atoms with Crippen LogP contribution in [0.5, 0.6) is 0 Å². The molecule has 0 spiro atoms. The zero-order chi connectivity index (χ0) is 13.5. The molecule has 1 amide bonds. The zero-order valence-corrected chi connectivity index (χ0v) is 10.4.